The predicted octanol–water partition coefficient (Wildman–Crippen LogP) is 0.459. The smallest absolute Gasteiger partial charge is 0.323 e. The van der Waals surface area contributed by atoms with Gasteiger partial charge in [-0.15, -0.1) is 6.58 Å². The molecule has 0 heterocycles. The zero-order valence-corrected chi connectivity index (χ0v) is 9.85. The second kappa shape index (κ2) is 7.00. The van der Waals surface area contributed by atoms with Crippen molar-refractivity contribution in [2.24, 2.45) is 11.7 Å². The van der Waals surface area contributed by atoms with Crippen LogP contribution in [0.25, 0.3) is 0 Å². The zero-order valence-electron chi connectivity index (χ0n) is 9.85. The minimum atomic E-state index is -1.05. The molecular weight excluding hydrogens is 208 g/mol. The number of hydrogen-bond donors (Lipinski definition) is 2. The Bertz CT molecular complexity index is 266. The number of hydrogen-bond acceptors (Lipinski definition) is 3. The van der Waals surface area contributed by atoms with Crippen LogP contribution in [-0.2, 0) is 9.59 Å². The van der Waals surface area contributed by atoms with Gasteiger partial charge in [0, 0.05) is 6.54 Å². The number of carbonyl (C=O) groups excluding carboxylic acids is 1. The van der Waals surface area contributed by atoms with Crippen LogP contribution in [0.4, 0.5) is 0 Å². The van der Waals surface area contributed by atoms with Gasteiger partial charge in [0.05, 0.1) is 6.04 Å². The molecule has 1 amide bonds. The number of amides is 1. The van der Waals surface area contributed by atoms with E-state index in [4.69, 9.17) is 10.8 Å². The zero-order chi connectivity index (χ0) is 12.7. The van der Waals surface area contributed by atoms with Gasteiger partial charge in [0.2, 0.25) is 5.91 Å². The van der Waals surface area contributed by atoms with E-state index in [0.29, 0.717) is 0 Å². The maximum absolute atomic E-state index is 11.9. The molecule has 2 atom stereocenters. The van der Waals surface area contributed by atoms with E-state index in [1.165, 1.54) is 11.0 Å². The lowest BCUT2D eigenvalue weighted by Gasteiger charge is -2.25. The number of aliphatic carboxylic acids is 1. The number of carboxylic acid groups (broad SMARTS) is 1. The first kappa shape index (κ1) is 14.6. The van der Waals surface area contributed by atoms with Gasteiger partial charge in [-0.05, 0) is 5.92 Å². The summed E-state index contributed by atoms with van der Waals surface area (Å²) in [5, 5.41) is 8.67. The highest BCUT2D eigenvalue weighted by Crippen LogP contribution is 2.08. The molecule has 0 aromatic heterocycles. The molecule has 0 saturated heterocycles. The van der Waals surface area contributed by atoms with Crippen LogP contribution in [0.3, 0.4) is 0 Å². The molecule has 0 unspecified atom stereocenters. The van der Waals surface area contributed by atoms with Crippen molar-refractivity contribution in [1.29, 1.82) is 0 Å². The number of rotatable bonds is 7. The van der Waals surface area contributed by atoms with Crippen molar-refractivity contribution in [2.45, 2.75) is 26.3 Å². The molecule has 0 aromatic rings. The maximum Gasteiger partial charge on any atom is 0.323 e. The molecule has 0 bridgehead atoms. The van der Waals surface area contributed by atoms with Crippen LogP contribution in [0, 0.1) is 5.92 Å². The quantitative estimate of drug-likeness (QED) is 0.620. The fourth-order valence-electron chi connectivity index (χ4n) is 1.26. The third-order valence-corrected chi connectivity index (χ3v) is 2.53. The van der Waals surface area contributed by atoms with Crippen LogP contribution >= 0.6 is 0 Å². The van der Waals surface area contributed by atoms with Gasteiger partial charge in [-0.1, -0.05) is 26.3 Å². The molecule has 5 heteroatoms. The molecule has 0 rings (SSSR count). The fourth-order valence-corrected chi connectivity index (χ4v) is 1.26. The highest BCUT2D eigenvalue weighted by molar-refractivity contribution is 5.85. The molecule has 92 valence electrons. The highest BCUT2D eigenvalue weighted by Gasteiger charge is 2.25. The standard InChI is InChI=1S/C11H20N2O3/c1-4-6-13(7-9(14)15)11(16)10(12)8(3)5-2/h4,8,10H,1,5-7,12H2,2-3H3,(H,14,15)/t8-,10-/m0/s1. The third kappa shape index (κ3) is 4.44. The van der Waals surface area contributed by atoms with Crippen LogP contribution in [0.5, 0.6) is 0 Å². The van der Waals surface area contributed by atoms with E-state index < -0.39 is 12.0 Å². The molecule has 0 spiro atoms. The van der Waals surface area contributed by atoms with Crippen molar-refractivity contribution >= 4 is 11.9 Å². The largest absolute Gasteiger partial charge is 0.480 e. The summed E-state index contributed by atoms with van der Waals surface area (Å²) in [4.78, 5) is 23.6. The van der Waals surface area contributed by atoms with Crippen LogP contribution in [-0.4, -0.2) is 41.0 Å². The average molecular weight is 228 g/mol. The fraction of sp³-hybridized carbons (Fsp3) is 0.636. The molecule has 16 heavy (non-hydrogen) atoms. The van der Waals surface area contributed by atoms with E-state index in [0.717, 1.165) is 6.42 Å². The molecule has 0 aliphatic rings. The lowest BCUT2D eigenvalue weighted by Crippen LogP contribution is -2.48. The van der Waals surface area contributed by atoms with Crippen LogP contribution in [0.1, 0.15) is 20.3 Å². The van der Waals surface area contributed by atoms with Gasteiger partial charge >= 0.3 is 5.97 Å². The van der Waals surface area contributed by atoms with Gasteiger partial charge in [0.1, 0.15) is 6.54 Å². The Morgan fingerprint density at radius 1 is 1.56 bits per heavy atom. The predicted molar refractivity (Wildman–Crippen MR) is 61.8 cm³/mol. The summed E-state index contributed by atoms with van der Waals surface area (Å²) in [5.74, 6) is -1.35. The Morgan fingerprint density at radius 2 is 2.12 bits per heavy atom. The van der Waals surface area contributed by atoms with E-state index in [9.17, 15) is 9.59 Å². The minimum Gasteiger partial charge on any atom is -0.480 e. The first-order chi connectivity index (χ1) is 7.43. The van der Waals surface area contributed by atoms with E-state index in [1.807, 2.05) is 13.8 Å². The summed E-state index contributed by atoms with van der Waals surface area (Å²) < 4.78 is 0. The van der Waals surface area contributed by atoms with Crippen molar-refractivity contribution in [3.05, 3.63) is 12.7 Å². The van der Waals surface area contributed by atoms with Crippen LogP contribution in [0.15, 0.2) is 12.7 Å². The summed E-state index contributed by atoms with van der Waals surface area (Å²) in [5.41, 5.74) is 5.76. The maximum atomic E-state index is 11.9. The Hall–Kier alpha value is -1.36. The molecule has 0 saturated carbocycles. The molecule has 0 radical (unpaired) electrons. The Balaban J connectivity index is 4.58. The van der Waals surface area contributed by atoms with Crippen molar-refractivity contribution in [1.82, 2.24) is 4.90 Å². The molecule has 0 aliphatic heterocycles. The van der Waals surface area contributed by atoms with E-state index in [2.05, 4.69) is 6.58 Å². The summed E-state index contributed by atoms with van der Waals surface area (Å²) in [6.45, 7) is 7.16. The molecule has 0 aromatic carbocycles. The monoisotopic (exact) mass is 228 g/mol. The lowest BCUT2D eigenvalue weighted by molar-refractivity contribution is -0.145. The Morgan fingerprint density at radius 3 is 2.50 bits per heavy atom. The molecule has 3 N–H and O–H groups in total. The van der Waals surface area contributed by atoms with Gasteiger partial charge < -0.3 is 15.7 Å². The average Bonchev–Trinajstić information content (AvgIpc) is 2.24. The van der Waals surface area contributed by atoms with Gasteiger partial charge in [-0.3, -0.25) is 9.59 Å². The minimum absolute atomic E-state index is 0.0358. The Kier molecular flexibility index (Phi) is 6.41. The highest BCUT2D eigenvalue weighted by atomic mass is 16.4. The van der Waals surface area contributed by atoms with Crippen molar-refractivity contribution in [3.63, 3.8) is 0 Å². The number of nitrogens with zero attached hydrogens (tertiary/aromatic N) is 1. The topological polar surface area (TPSA) is 83.6 Å². The summed E-state index contributed by atoms with van der Waals surface area (Å²) in [6.07, 6.45) is 2.27. The molecule has 0 fully saturated rings. The summed E-state index contributed by atoms with van der Waals surface area (Å²) >= 11 is 0. The normalized spacial score (nSPS) is 13.9. The van der Waals surface area contributed by atoms with E-state index in [-0.39, 0.29) is 24.9 Å². The van der Waals surface area contributed by atoms with Crippen LogP contribution in [0.2, 0.25) is 0 Å². The molecule has 5 nitrogen and oxygen atoms in total. The summed E-state index contributed by atoms with van der Waals surface area (Å²) in [7, 11) is 0. The Labute approximate surface area is 95.9 Å². The third-order valence-electron chi connectivity index (χ3n) is 2.53. The number of nitrogens with two attached hydrogens (primary N) is 1. The van der Waals surface area contributed by atoms with Gasteiger partial charge in [0.15, 0.2) is 0 Å². The number of carboxylic acids is 1. The summed E-state index contributed by atoms with van der Waals surface area (Å²) in [6, 6.07) is -0.649. The van der Waals surface area contributed by atoms with E-state index in [1.54, 1.807) is 0 Å². The second-order valence-electron chi connectivity index (χ2n) is 3.81. The van der Waals surface area contributed by atoms with Gasteiger partial charge in [-0.25, -0.2) is 0 Å². The first-order valence-corrected chi connectivity index (χ1v) is 5.31. The van der Waals surface area contributed by atoms with Crippen molar-refractivity contribution in [3.8, 4) is 0 Å². The molecular formula is C11H20N2O3. The number of carbonyl (C=O) groups is 2. The first-order valence-electron chi connectivity index (χ1n) is 5.31. The SMILES string of the molecule is C=CCN(CC(=O)O)C(=O)[C@@H](N)[C@@H](C)CC. The lowest BCUT2D eigenvalue weighted by atomic mass is 9.99. The molecule has 0 aliphatic carbocycles. The van der Waals surface area contributed by atoms with Gasteiger partial charge in [0.25, 0.3) is 0 Å². The second-order valence-corrected chi connectivity index (χ2v) is 3.81. The van der Waals surface area contributed by atoms with Crippen molar-refractivity contribution in [2.75, 3.05) is 13.1 Å². The van der Waals surface area contributed by atoms with Gasteiger partial charge in [-0.2, -0.15) is 0 Å². The van der Waals surface area contributed by atoms with Crippen LogP contribution < -0.4 is 5.73 Å². The van der Waals surface area contributed by atoms with E-state index >= 15 is 0 Å². The van der Waals surface area contributed by atoms with Crippen molar-refractivity contribution < 1.29 is 14.7 Å².